The minimum Gasteiger partial charge on any atom is -0.478 e. The van der Waals surface area contributed by atoms with E-state index in [2.05, 4.69) is 10.6 Å². The molecular weight excluding hydrogens is 371 g/mol. The highest BCUT2D eigenvalue weighted by atomic mass is 35.5. The molecule has 27 heavy (non-hydrogen) atoms. The number of carbonyl (C=O) groups excluding carboxylic acids is 2. The number of benzene rings is 2. The number of halogens is 2. The summed E-state index contributed by atoms with van der Waals surface area (Å²) in [5.41, 5.74) is -0.359. The Bertz CT molecular complexity index is 777. The van der Waals surface area contributed by atoms with Gasteiger partial charge in [-0.05, 0) is 55.8 Å². The molecule has 2 rings (SSSR count). The van der Waals surface area contributed by atoms with Crippen LogP contribution in [0.5, 0.6) is 5.75 Å². The van der Waals surface area contributed by atoms with E-state index in [9.17, 15) is 14.0 Å². The fourth-order valence-corrected chi connectivity index (χ4v) is 2.41. The molecular formula is C20H22ClFN2O3. The van der Waals surface area contributed by atoms with E-state index in [4.69, 9.17) is 16.3 Å². The summed E-state index contributed by atoms with van der Waals surface area (Å²) >= 11 is 5.83. The van der Waals surface area contributed by atoms with Crippen LogP contribution in [0.1, 0.15) is 19.4 Å². The summed E-state index contributed by atoms with van der Waals surface area (Å²) in [7, 11) is 0. The molecule has 0 unspecified atom stereocenters. The molecule has 0 aromatic heterocycles. The third-order valence-corrected chi connectivity index (χ3v) is 4.00. The molecule has 5 nitrogen and oxygen atoms in total. The minimum absolute atomic E-state index is 0.152. The second kappa shape index (κ2) is 9.37. The van der Waals surface area contributed by atoms with Crippen LogP contribution in [0.15, 0.2) is 48.5 Å². The lowest BCUT2D eigenvalue weighted by molar-refractivity contribution is -0.134. The van der Waals surface area contributed by atoms with Crippen molar-refractivity contribution in [2.45, 2.75) is 25.9 Å². The Morgan fingerprint density at radius 1 is 1.00 bits per heavy atom. The lowest BCUT2D eigenvalue weighted by atomic mass is 10.1. The lowest BCUT2D eigenvalue weighted by Gasteiger charge is -2.25. The molecule has 2 aromatic carbocycles. The van der Waals surface area contributed by atoms with E-state index >= 15 is 0 Å². The maximum Gasteiger partial charge on any atom is 0.263 e. The van der Waals surface area contributed by atoms with Gasteiger partial charge in [0.05, 0.1) is 6.42 Å². The highest BCUT2D eigenvalue weighted by Gasteiger charge is 2.29. The van der Waals surface area contributed by atoms with Crippen LogP contribution in [-0.2, 0) is 16.0 Å². The smallest absolute Gasteiger partial charge is 0.263 e. The van der Waals surface area contributed by atoms with E-state index in [0.717, 1.165) is 5.56 Å². The van der Waals surface area contributed by atoms with Crippen LogP contribution in [0.3, 0.4) is 0 Å². The zero-order chi connectivity index (χ0) is 19.9. The first kappa shape index (κ1) is 20.7. The van der Waals surface area contributed by atoms with Crippen molar-refractivity contribution in [1.29, 1.82) is 0 Å². The summed E-state index contributed by atoms with van der Waals surface area (Å²) in [6.07, 6.45) is 0.152. The van der Waals surface area contributed by atoms with Gasteiger partial charge in [0.25, 0.3) is 5.91 Å². The van der Waals surface area contributed by atoms with Gasteiger partial charge in [0.15, 0.2) is 5.60 Å². The predicted octanol–water partition coefficient (Wildman–Crippen LogP) is 3.11. The number of hydrogen-bond donors (Lipinski definition) is 2. The van der Waals surface area contributed by atoms with Crippen LogP contribution in [0.2, 0.25) is 5.02 Å². The summed E-state index contributed by atoms with van der Waals surface area (Å²) in [6, 6.07) is 12.5. The van der Waals surface area contributed by atoms with Gasteiger partial charge in [0.1, 0.15) is 11.6 Å². The van der Waals surface area contributed by atoms with Crippen molar-refractivity contribution in [2.24, 2.45) is 0 Å². The fraction of sp³-hybridized carbons (Fsp3) is 0.300. The van der Waals surface area contributed by atoms with Crippen molar-refractivity contribution in [3.8, 4) is 5.75 Å². The molecule has 0 aliphatic rings. The molecule has 0 radical (unpaired) electrons. The molecule has 0 aliphatic heterocycles. The number of rotatable bonds is 8. The summed E-state index contributed by atoms with van der Waals surface area (Å²) in [5, 5.41) is 6.02. The minimum atomic E-state index is -1.08. The molecule has 2 N–H and O–H groups in total. The molecule has 2 aromatic rings. The topological polar surface area (TPSA) is 67.4 Å². The maximum absolute atomic E-state index is 12.8. The van der Waals surface area contributed by atoms with Gasteiger partial charge < -0.3 is 15.4 Å². The molecule has 0 atom stereocenters. The fourth-order valence-electron chi connectivity index (χ4n) is 2.28. The van der Waals surface area contributed by atoms with Crippen LogP contribution in [0.4, 0.5) is 4.39 Å². The number of nitrogens with one attached hydrogen (secondary N) is 2. The summed E-state index contributed by atoms with van der Waals surface area (Å²) in [5.74, 6) is -0.310. The Morgan fingerprint density at radius 2 is 1.59 bits per heavy atom. The molecule has 0 fully saturated rings. The predicted molar refractivity (Wildman–Crippen MR) is 102 cm³/mol. The van der Waals surface area contributed by atoms with E-state index in [0.29, 0.717) is 10.8 Å². The molecule has 7 heteroatoms. The standard InChI is InChI=1S/C20H22ClFN2O3/c1-20(2,27-17-9-5-15(21)6-10-17)19(26)24-12-11-23-18(25)13-14-3-7-16(22)8-4-14/h3-10H,11-13H2,1-2H3,(H,23,25)(H,24,26). The first-order chi connectivity index (χ1) is 12.8. The molecule has 144 valence electrons. The maximum atomic E-state index is 12.8. The summed E-state index contributed by atoms with van der Waals surface area (Å²) < 4.78 is 18.5. The van der Waals surface area contributed by atoms with E-state index in [1.807, 2.05) is 0 Å². The largest absolute Gasteiger partial charge is 0.478 e. The summed E-state index contributed by atoms with van der Waals surface area (Å²) in [6.45, 7) is 3.86. The van der Waals surface area contributed by atoms with Crippen LogP contribution < -0.4 is 15.4 Å². The Morgan fingerprint density at radius 3 is 2.22 bits per heavy atom. The van der Waals surface area contributed by atoms with Gasteiger partial charge in [0, 0.05) is 18.1 Å². The zero-order valence-electron chi connectivity index (χ0n) is 15.2. The van der Waals surface area contributed by atoms with Crippen molar-refractivity contribution >= 4 is 23.4 Å². The molecule has 0 aliphatic carbocycles. The second-order valence-electron chi connectivity index (χ2n) is 6.48. The quantitative estimate of drug-likeness (QED) is 0.678. The normalized spacial score (nSPS) is 11.0. The molecule has 2 amide bonds. The number of ether oxygens (including phenoxy) is 1. The van der Waals surface area contributed by atoms with Gasteiger partial charge in [-0.2, -0.15) is 0 Å². The molecule has 0 saturated carbocycles. The number of hydrogen-bond acceptors (Lipinski definition) is 3. The first-order valence-electron chi connectivity index (χ1n) is 8.50. The monoisotopic (exact) mass is 392 g/mol. The van der Waals surface area contributed by atoms with Gasteiger partial charge in [-0.3, -0.25) is 9.59 Å². The van der Waals surface area contributed by atoms with E-state index < -0.39 is 5.60 Å². The lowest BCUT2D eigenvalue weighted by Crippen LogP contribution is -2.48. The van der Waals surface area contributed by atoms with Crippen LogP contribution in [0.25, 0.3) is 0 Å². The zero-order valence-corrected chi connectivity index (χ0v) is 16.0. The van der Waals surface area contributed by atoms with Crippen molar-refractivity contribution in [3.05, 3.63) is 64.9 Å². The second-order valence-corrected chi connectivity index (χ2v) is 6.91. The molecule has 0 heterocycles. The number of amides is 2. The third kappa shape index (κ3) is 6.90. The molecule has 0 saturated heterocycles. The van der Waals surface area contributed by atoms with Gasteiger partial charge in [-0.15, -0.1) is 0 Å². The molecule has 0 bridgehead atoms. The Labute approximate surface area is 162 Å². The van der Waals surface area contributed by atoms with Crippen LogP contribution in [-0.4, -0.2) is 30.5 Å². The van der Waals surface area contributed by atoms with Crippen molar-refractivity contribution in [3.63, 3.8) is 0 Å². The van der Waals surface area contributed by atoms with E-state index in [1.54, 1.807) is 50.2 Å². The van der Waals surface area contributed by atoms with Gasteiger partial charge >= 0.3 is 0 Å². The first-order valence-corrected chi connectivity index (χ1v) is 8.88. The van der Waals surface area contributed by atoms with Gasteiger partial charge in [-0.1, -0.05) is 23.7 Å². The Hall–Kier alpha value is -2.60. The van der Waals surface area contributed by atoms with E-state index in [1.165, 1.54) is 12.1 Å². The average Bonchev–Trinajstić information content (AvgIpc) is 2.62. The van der Waals surface area contributed by atoms with E-state index in [-0.39, 0.29) is 37.1 Å². The Balaban J connectivity index is 1.71. The van der Waals surface area contributed by atoms with Gasteiger partial charge in [0.2, 0.25) is 5.91 Å². The van der Waals surface area contributed by atoms with Crippen LogP contribution in [0, 0.1) is 5.82 Å². The highest BCUT2D eigenvalue weighted by Crippen LogP contribution is 2.20. The highest BCUT2D eigenvalue weighted by molar-refractivity contribution is 6.30. The molecule has 0 spiro atoms. The third-order valence-electron chi connectivity index (χ3n) is 3.74. The summed E-state index contributed by atoms with van der Waals surface area (Å²) in [4.78, 5) is 24.1. The average molecular weight is 393 g/mol. The number of carbonyl (C=O) groups is 2. The van der Waals surface area contributed by atoms with Crippen molar-refractivity contribution in [1.82, 2.24) is 10.6 Å². The Kier molecular flexibility index (Phi) is 7.19. The van der Waals surface area contributed by atoms with Crippen molar-refractivity contribution < 1.29 is 18.7 Å². The van der Waals surface area contributed by atoms with Crippen molar-refractivity contribution in [2.75, 3.05) is 13.1 Å². The van der Waals surface area contributed by atoms with Crippen LogP contribution >= 0.6 is 11.6 Å². The SMILES string of the molecule is CC(C)(Oc1ccc(Cl)cc1)C(=O)NCCNC(=O)Cc1ccc(F)cc1. The van der Waals surface area contributed by atoms with Gasteiger partial charge in [-0.25, -0.2) is 4.39 Å².